The Morgan fingerprint density at radius 2 is 1.61 bits per heavy atom. The molecule has 4 aromatic rings. The van der Waals surface area contributed by atoms with Gasteiger partial charge in [-0.15, -0.1) is 0 Å². The zero-order chi connectivity index (χ0) is 26.2. The van der Waals surface area contributed by atoms with Crippen LogP contribution in [0.1, 0.15) is 39.3 Å². The standard InChI is InChI=1S/C33H25ClN2O2/c1-19-11-16-27(20(2)17-19)36-31(37)29-28-21-12-14-22(15-13-21)33(30(29)32(36)38,24-8-4-3-7-23(24)28)18-35-26-10-6-5-9-25(26)34/h3-18,28-30H,1-2H3/t28-,29+,30-,33-/m0/s1. The van der Waals surface area contributed by atoms with Gasteiger partial charge in [0, 0.05) is 12.1 Å². The van der Waals surface area contributed by atoms with Crippen LogP contribution in [0.15, 0.2) is 96.0 Å². The van der Waals surface area contributed by atoms with E-state index in [4.69, 9.17) is 16.6 Å². The van der Waals surface area contributed by atoms with Crippen molar-refractivity contribution in [2.24, 2.45) is 16.8 Å². The summed E-state index contributed by atoms with van der Waals surface area (Å²) in [4.78, 5) is 35.3. The van der Waals surface area contributed by atoms with Gasteiger partial charge in [-0.05, 0) is 59.9 Å². The topological polar surface area (TPSA) is 49.7 Å². The summed E-state index contributed by atoms with van der Waals surface area (Å²) in [6.07, 6.45) is 1.87. The van der Waals surface area contributed by atoms with Crippen molar-refractivity contribution in [3.63, 3.8) is 0 Å². The molecule has 4 nitrogen and oxygen atoms in total. The maximum Gasteiger partial charge on any atom is 0.239 e. The summed E-state index contributed by atoms with van der Waals surface area (Å²) in [7, 11) is 0. The van der Waals surface area contributed by atoms with Crippen molar-refractivity contribution in [3.05, 3.63) is 129 Å². The van der Waals surface area contributed by atoms with Gasteiger partial charge in [0.1, 0.15) is 0 Å². The number of benzene rings is 4. The highest BCUT2D eigenvalue weighted by Crippen LogP contribution is 2.60. The molecule has 0 radical (unpaired) electrons. The lowest BCUT2D eigenvalue weighted by molar-refractivity contribution is -0.122. The normalized spacial score (nSPS) is 25.0. The van der Waals surface area contributed by atoms with Crippen LogP contribution in [-0.4, -0.2) is 18.0 Å². The maximum atomic E-state index is 14.6. The number of amides is 2. The number of nitrogens with zero attached hydrogens (tertiary/aromatic N) is 2. The SMILES string of the molecule is Cc1ccc(N2C(=O)[C@@H]3[C@H]4c5ccc(cc5)[C@@](C=Nc5ccccc5Cl)(c5ccccc54)[C@@H]3C2=O)c(C)c1. The highest BCUT2D eigenvalue weighted by atomic mass is 35.5. The number of imide groups is 1. The fourth-order valence-corrected chi connectivity index (χ4v) is 7.13. The summed E-state index contributed by atoms with van der Waals surface area (Å²) < 4.78 is 0. The fraction of sp³-hybridized carbons (Fsp3) is 0.182. The van der Waals surface area contributed by atoms with Gasteiger partial charge >= 0.3 is 0 Å². The zero-order valence-electron chi connectivity index (χ0n) is 21.1. The molecule has 6 aliphatic rings. The van der Waals surface area contributed by atoms with Gasteiger partial charge in [0.25, 0.3) is 0 Å². The molecule has 5 aliphatic carbocycles. The molecule has 1 saturated heterocycles. The van der Waals surface area contributed by atoms with Gasteiger partial charge in [-0.25, -0.2) is 4.90 Å². The number of aryl methyl sites for hydroxylation is 2. The van der Waals surface area contributed by atoms with Crippen molar-refractivity contribution in [2.45, 2.75) is 25.2 Å². The quantitative estimate of drug-likeness (QED) is 0.219. The molecule has 4 bridgehead atoms. The number of rotatable bonds is 3. The number of carbonyl (C=O) groups is 2. The average Bonchev–Trinajstić information content (AvgIpc) is 3.16. The zero-order valence-corrected chi connectivity index (χ0v) is 21.8. The largest absolute Gasteiger partial charge is 0.274 e. The van der Waals surface area contributed by atoms with Crippen molar-refractivity contribution in [1.29, 1.82) is 0 Å². The van der Waals surface area contributed by atoms with E-state index in [1.54, 1.807) is 6.07 Å². The molecule has 2 amide bonds. The lowest BCUT2D eigenvalue weighted by Crippen LogP contribution is -2.51. The first-order valence-electron chi connectivity index (χ1n) is 12.9. The van der Waals surface area contributed by atoms with Gasteiger partial charge in [0.15, 0.2) is 0 Å². The molecular formula is C33H25ClN2O2. The fourth-order valence-electron chi connectivity index (χ4n) is 6.95. The third kappa shape index (κ3) is 3.01. The lowest BCUT2D eigenvalue weighted by atomic mass is 9.52. The molecule has 5 heteroatoms. The Bertz CT molecular complexity index is 1670. The van der Waals surface area contributed by atoms with Gasteiger partial charge in [0.05, 0.1) is 33.6 Å². The molecule has 0 aromatic heterocycles. The van der Waals surface area contributed by atoms with Crippen LogP contribution in [0.5, 0.6) is 0 Å². The van der Waals surface area contributed by atoms with Crippen LogP contribution >= 0.6 is 11.6 Å². The van der Waals surface area contributed by atoms with E-state index in [1.807, 2.05) is 68.6 Å². The van der Waals surface area contributed by atoms with Crippen LogP contribution in [-0.2, 0) is 15.0 Å². The minimum Gasteiger partial charge on any atom is -0.274 e. The van der Waals surface area contributed by atoms with E-state index in [9.17, 15) is 9.59 Å². The first kappa shape index (κ1) is 23.1. The third-order valence-electron chi connectivity index (χ3n) is 8.54. The monoisotopic (exact) mass is 516 g/mol. The Labute approximate surface area is 226 Å². The number of halogens is 1. The Morgan fingerprint density at radius 1 is 0.868 bits per heavy atom. The Balaban J connectivity index is 1.52. The second-order valence-corrected chi connectivity index (χ2v) is 11.0. The molecule has 0 unspecified atom stereocenters. The minimum absolute atomic E-state index is 0.149. The molecule has 0 spiro atoms. The van der Waals surface area contributed by atoms with E-state index in [1.165, 1.54) is 4.90 Å². The van der Waals surface area contributed by atoms with E-state index in [0.29, 0.717) is 16.4 Å². The van der Waals surface area contributed by atoms with E-state index < -0.39 is 17.3 Å². The van der Waals surface area contributed by atoms with Gasteiger partial charge < -0.3 is 0 Å². The molecular weight excluding hydrogens is 492 g/mol. The molecule has 1 aliphatic heterocycles. The minimum atomic E-state index is -0.935. The Morgan fingerprint density at radius 3 is 2.37 bits per heavy atom. The highest BCUT2D eigenvalue weighted by Gasteiger charge is 2.65. The smallest absolute Gasteiger partial charge is 0.239 e. The van der Waals surface area contributed by atoms with Gasteiger partial charge in [-0.2, -0.15) is 0 Å². The Hall–Kier alpha value is -4.02. The molecule has 186 valence electrons. The summed E-state index contributed by atoms with van der Waals surface area (Å²) >= 11 is 6.49. The first-order chi connectivity index (χ1) is 18.4. The predicted octanol–water partition coefficient (Wildman–Crippen LogP) is 6.91. The molecule has 4 atom stereocenters. The van der Waals surface area contributed by atoms with E-state index in [2.05, 4.69) is 36.4 Å². The van der Waals surface area contributed by atoms with Crippen LogP contribution in [0.2, 0.25) is 5.02 Å². The predicted molar refractivity (Wildman–Crippen MR) is 150 cm³/mol. The molecule has 0 N–H and O–H groups in total. The van der Waals surface area contributed by atoms with Crippen LogP contribution in [0.3, 0.4) is 0 Å². The third-order valence-corrected chi connectivity index (χ3v) is 8.86. The summed E-state index contributed by atoms with van der Waals surface area (Å²) in [5.74, 6) is -1.74. The van der Waals surface area contributed by atoms with Crippen molar-refractivity contribution >= 4 is 41.0 Å². The molecule has 4 aromatic carbocycles. The highest BCUT2D eigenvalue weighted by molar-refractivity contribution is 6.33. The molecule has 38 heavy (non-hydrogen) atoms. The van der Waals surface area contributed by atoms with Crippen LogP contribution in [0, 0.1) is 25.7 Å². The molecule has 10 rings (SSSR count). The van der Waals surface area contributed by atoms with Crippen LogP contribution in [0.4, 0.5) is 11.4 Å². The summed E-state index contributed by atoms with van der Waals surface area (Å²) in [5.41, 5.74) is 6.43. The number of hydrogen-bond donors (Lipinski definition) is 0. The van der Waals surface area contributed by atoms with Crippen molar-refractivity contribution < 1.29 is 9.59 Å². The van der Waals surface area contributed by atoms with Crippen molar-refractivity contribution in [3.8, 4) is 0 Å². The summed E-state index contributed by atoms with van der Waals surface area (Å²) in [6.45, 7) is 3.97. The number of hydrogen-bond acceptors (Lipinski definition) is 3. The summed E-state index contributed by atoms with van der Waals surface area (Å²) in [5, 5.41) is 0.533. The van der Waals surface area contributed by atoms with Crippen LogP contribution < -0.4 is 4.90 Å². The number of aliphatic imine (C=N–C) groups is 1. The molecule has 1 heterocycles. The molecule has 1 fully saturated rings. The summed E-state index contributed by atoms with van der Waals surface area (Å²) in [6, 6.07) is 29.9. The average molecular weight is 517 g/mol. The van der Waals surface area contributed by atoms with E-state index in [-0.39, 0.29) is 17.7 Å². The number of anilines is 1. The van der Waals surface area contributed by atoms with E-state index in [0.717, 1.165) is 33.4 Å². The van der Waals surface area contributed by atoms with Crippen molar-refractivity contribution in [2.75, 3.05) is 4.90 Å². The lowest BCUT2D eigenvalue weighted by Gasteiger charge is -2.48. The number of para-hydroxylation sites is 1. The first-order valence-corrected chi connectivity index (χ1v) is 13.2. The van der Waals surface area contributed by atoms with E-state index >= 15 is 0 Å². The van der Waals surface area contributed by atoms with Gasteiger partial charge in [-0.3, -0.25) is 14.6 Å². The second-order valence-electron chi connectivity index (χ2n) is 10.6. The number of carbonyl (C=O) groups excluding carboxylic acids is 2. The van der Waals surface area contributed by atoms with Crippen molar-refractivity contribution in [1.82, 2.24) is 0 Å². The van der Waals surface area contributed by atoms with Crippen LogP contribution in [0.25, 0.3) is 0 Å². The maximum absolute atomic E-state index is 14.6. The Kier molecular flexibility index (Phi) is 5.01. The van der Waals surface area contributed by atoms with Gasteiger partial charge in [-0.1, -0.05) is 90.0 Å². The molecule has 0 saturated carbocycles. The second kappa shape index (κ2) is 8.24. The van der Waals surface area contributed by atoms with Gasteiger partial charge in [0.2, 0.25) is 11.8 Å².